The lowest BCUT2D eigenvalue weighted by atomic mass is 10.2. The summed E-state index contributed by atoms with van der Waals surface area (Å²) in [6, 6.07) is 7.41. The van der Waals surface area contributed by atoms with Gasteiger partial charge in [-0.25, -0.2) is 0 Å². The summed E-state index contributed by atoms with van der Waals surface area (Å²) in [5, 5.41) is 21.9. The largest absolute Gasteiger partial charge is 0.394 e. The Labute approximate surface area is 124 Å². The fraction of sp³-hybridized carbons (Fsp3) is 0.571. The van der Waals surface area contributed by atoms with Crippen LogP contribution >= 0.6 is 11.6 Å². The van der Waals surface area contributed by atoms with E-state index < -0.39 is 6.10 Å². The van der Waals surface area contributed by atoms with Crippen molar-refractivity contribution in [2.45, 2.75) is 12.7 Å². The molecule has 0 amide bonds. The Kier molecular flexibility index (Phi) is 9.57. The van der Waals surface area contributed by atoms with Crippen LogP contribution < -0.4 is 5.32 Å². The predicted octanol–water partition coefficient (Wildman–Crippen LogP) is 0.816. The van der Waals surface area contributed by atoms with E-state index >= 15 is 0 Å². The summed E-state index contributed by atoms with van der Waals surface area (Å²) in [6.45, 7) is 2.69. The molecule has 0 aromatic heterocycles. The summed E-state index contributed by atoms with van der Waals surface area (Å²) in [7, 11) is 0. The van der Waals surface area contributed by atoms with Gasteiger partial charge in [-0.15, -0.1) is 0 Å². The first-order valence-electron chi connectivity index (χ1n) is 6.62. The third-order valence-corrected chi connectivity index (χ3v) is 2.78. The molecular formula is C14H22ClNO4. The summed E-state index contributed by atoms with van der Waals surface area (Å²) < 4.78 is 10.5. The topological polar surface area (TPSA) is 71.0 Å². The highest BCUT2D eigenvalue weighted by molar-refractivity contribution is 6.30. The SMILES string of the molecule is OCCOCCNCC(O)COCc1ccc(Cl)cc1. The second kappa shape index (κ2) is 11.0. The second-order valence-electron chi connectivity index (χ2n) is 4.34. The molecule has 5 nitrogen and oxygen atoms in total. The number of aliphatic hydroxyl groups excluding tert-OH is 2. The van der Waals surface area contributed by atoms with Crippen LogP contribution in [-0.4, -0.2) is 55.8 Å². The van der Waals surface area contributed by atoms with Gasteiger partial charge in [0.2, 0.25) is 0 Å². The molecular weight excluding hydrogens is 282 g/mol. The average molecular weight is 304 g/mol. The van der Waals surface area contributed by atoms with Crippen LogP contribution in [0.3, 0.4) is 0 Å². The third kappa shape index (κ3) is 8.47. The van der Waals surface area contributed by atoms with Gasteiger partial charge in [-0.05, 0) is 17.7 Å². The number of benzene rings is 1. The standard InChI is InChI=1S/C14H22ClNO4/c15-13-3-1-12(2-4-13)10-20-11-14(18)9-16-5-7-19-8-6-17/h1-4,14,16-18H,5-11H2. The fourth-order valence-electron chi connectivity index (χ4n) is 1.53. The molecule has 0 spiro atoms. The van der Waals surface area contributed by atoms with Crippen LogP contribution in [0.25, 0.3) is 0 Å². The first-order valence-corrected chi connectivity index (χ1v) is 6.99. The Morgan fingerprint density at radius 2 is 1.90 bits per heavy atom. The van der Waals surface area contributed by atoms with Gasteiger partial charge in [-0.3, -0.25) is 0 Å². The number of halogens is 1. The zero-order chi connectivity index (χ0) is 14.6. The van der Waals surface area contributed by atoms with E-state index in [0.29, 0.717) is 37.9 Å². The van der Waals surface area contributed by atoms with Gasteiger partial charge in [-0.2, -0.15) is 0 Å². The monoisotopic (exact) mass is 303 g/mol. The smallest absolute Gasteiger partial charge is 0.0897 e. The van der Waals surface area contributed by atoms with Crippen LogP contribution in [0.2, 0.25) is 5.02 Å². The summed E-state index contributed by atoms with van der Waals surface area (Å²) in [4.78, 5) is 0. The highest BCUT2D eigenvalue weighted by atomic mass is 35.5. The first kappa shape index (κ1) is 17.4. The molecule has 0 saturated carbocycles. The van der Waals surface area contributed by atoms with Crippen LogP contribution in [0.4, 0.5) is 0 Å². The van der Waals surface area contributed by atoms with Crippen molar-refractivity contribution in [3.63, 3.8) is 0 Å². The molecule has 0 aliphatic rings. The zero-order valence-corrected chi connectivity index (χ0v) is 12.2. The van der Waals surface area contributed by atoms with E-state index in [1.807, 2.05) is 24.3 Å². The van der Waals surface area contributed by atoms with Gasteiger partial charge in [0, 0.05) is 18.1 Å². The molecule has 20 heavy (non-hydrogen) atoms. The molecule has 1 unspecified atom stereocenters. The minimum atomic E-state index is -0.555. The maximum atomic E-state index is 9.68. The zero-order valence-electron chi connectivity index (χ0n) is 11.4. The van der Waals surface area contributed by atoms with Crippen molar-refractivity contribution in [1.29, 1.82) is 0 Å². The second-order valence-corrected chi connectivity index (χ2v) is 4.77. The van der Waals surface area contributed by atoms with E-state index in [1.165, 1.54) is 0 Å². The Morgan fingerprint density at radius 1 is 1.15 bits per heavy atom. The van der Waals surface area contributed by atoms with E-state index in [2.05, 4.69) is 5.32 Å². The third-order valence-electron chi connectivity index (χ3n) is 2.53. The molecule has 0 radical (unpaired) electrons. The van der Waals surface area contributed by atoms with E-state index in [-0.39, 0.29) is 13.2 Å². The summed E-state index contributed by atoms with van der Waals surface area (Å²) in [5.74, 6) is 0. The minimum absolute atomic E-state index is 0.0289. The lowest BCUT2D eigenvalue weighted by molar-refractivity contribution is 0.0273. The Balaban J connectivity index is 1.99. The summed E-state index contributed by atoms with van der Waals surface area (Å²) >= 11 is 5.79. The molecule has 3 N–H and O–H groups in total. The summed E-state index contributed by atoms with van der Waals surface area (Å²) in [6.07, 6.45) is -0.555. The van der Waals surface area contributed by atoms with Gasteiger partial charge in [0.15, 0.2) is 0 Å². The molecule has 1 rings (SSSR count). The Bertz CT molecular complexity index is 348. The molecule has 0 aliphatic carbocycles. The van der Waals surface area contributed by atoms with Gasteiger partial charge >= 0.3 is 0 Å². The molecule has 0 aliphatic heterocycles. The quantitative estimate of drug-likeness (QED) is 0.528. The maximum absolute atomic E-state index is 9.68. The maximum Gasteiger partial charge on any atom is 0.0897 e. The van der Waals surface area contributed by atoms with Crippen molar-refractivity contribution in [3.05, 3.63) is 34.9 Å². The number of rotatable bonds is 11. The van der Waals surface area contributed by atoms with Crippen LogP contribution in [0, 0.1) is 0 Å². The molecule has 1 atom stereocenters. The normalized spacial score (nSPS) is 12.6. The number of aliphatic hydroxyl groups is 2. The lowest BCUT2D eigenvalue weighted by Crippen LogP contribution is -2.32. The number of hydrogen-bond acceptors (Lipinski definition) is 5. The van der Waals surface area contributed by atoms with E-state index in [4.69, 9.17) is 26.2 Å². The Hall–Kier alpha value is -0.690. The lowest BCUT2D eigenvalue weighted by Gasteiger charge is -2.12. The van der Waals surface area contributed by atoms with Gasteiger partial charge < -0.3 is 25.0 Å². The first-order chi connectivity index (χ1) is 9.72. The molecule has 0 heterocycles. The summed E-state index contributed by atoms with van der Waals surface area (Å²) in [5.41, 5.74) is 1.02. The van der Waals surface area contributed by atoms with Crippen LogP contribution in [0.1, 0.15) is 5.56 Å². The predicted molar refractivity (Wildman–Crippen MR) is 77.9 cm³/mol. The van der Waals surface area contributed by atoms with Crippen molar-refractivity contribution in [3.8, 4) is 0 Å². The van der Waals surface area contributed by atoms with Crippen molar-refractivity contribution >= 4 is 11.6 Å². The highest BCUT2D eigenvalue weighted by Crippen LogP contribution is 2.10. The van der Waals surface area contributed by atoms with Gasteiger partial charge in [0.1, 0.15) is 0 Å². The van der Waals surface area contributed by atoms with Gasteiger partial charge in [0.25, 0.3) is 0 Å². The van der Waals surface area contributed by atoms with E-state index in [1.54, 1.807) is 0 Å². The van der Waals surface area contributed by atoms with Gasteiger partial charge in [-0.1, -0.05) is 23.7 Å². The number of ether oxygens (including phenoxy) is 2. The molecule has 1 aromatic rings. The van der Waals surface area contributed by atoms with Crippen LogP contribution in [0.15, 0.2) is 24.3 Å². The van der Waals surface area contributed by atoms with Crippen LogP contribution in [0.5, 0.6) is 0 Å². The van der Waals surface area contributed by atoms with E-state index in [9.17, 15) is 5.11 Å². The van der Waals surface area contributed by atoms with Crippen molar-refractivity contribution < 1.29 is 19.7 Å². The van der Waals surface area contributed by atoms with Crippen LogP contribution in [-0.2, 0) is 16.1 Å². The number of hydrogen-bond donors (Lipinski definition) is 3. The highest BCUT2D eigenvalue weighted by Gasteiger charge is 2.03. The Morgan fingerprint density at radius 3 is 2.60 bits per heavy atom. The molecule has 0 saturated heterocycles. The van der Waals surface area contributed by atoms with Crippen molar-refractivity contribution in [2.24, 2.45) is 0 Å². The van der Waals surface area contributed by atoms with E-state index in [0.717, 1.165) is 5.56 Å². The van der Waals surface area contributed by atoms with Gasteiger partial charge in [0.05, 0.1) is 39.1 Å². The average Bonchev–Trinajstić information content (AvgIpc) is 2.45. The molecule has 114 valence electrons. The number of nitrogens with one attached hydrogen (secondary N) is 1. The van der Waals surface area contributed by atoms with Crippen molar-refractivity contribution in [1.82, 2.24) is 5.32 Å². The molecule has 6 heteroatoms. The molecule has 0 fully saturated rings. The fourth-order valence-corrected chi connectivity index (χ4v) is 1.66. The molecule has 1 aromatic carbocycles. The van der Waals surface area contributed by atoms with Crippen molar-refractivity contribution in [2.75, 3.05) is 39.5 Å². The minimum Gasteiger partial charge on any atom is -0.394 e. The molecule has 0 bridgehead atoms.